The van der Waals surface area contributed by atoms with Crippen molar-refractivity contribution in [2.75, 3.05) is 11.9 Å². The molecule has 1 atom stereocenters. The number of hydrogen-bond acceptors (Lipinski definition) is 2. The van der Waals surface area contributed by atoms with Crippen LogP contribution in [0, 0.1) is 18.6 Å². The molecule has 2 rings (SSSR count). The molecule has 0 amide bonds. The van der Waals surface area contributed by atoms with Gasteiger partial charge in [0.25, 0.3) is 0 Å². The summed E-state index contributed by atoms with van der Waals surface area (Å²) in [5.74, 6) is -0.766. The number of hydrogen-bond donors (Lipinski definition) is 2. The lowest BCUT2D eigenvalue weighted by molar-refractivity contribution is 0.186. The normalized spacial score (nSPS) is 12.2. The van der Waals surface area contributed by atoms with Crippen LogP contribution in [0.3, 0.4) is 0 Å². The number of aryl methyl sites for hydroxylation is 1. The summed E-state index contributed by atoms with van der Waals surface area (Å²) in [7, 11) is 0. The Labute approximate surface area is 110 Å². The van der Waals surface area contributed by atoms with Crippen LogP contribution in [-0.2, 0) is 0 Å². The molecular weight excluding hydrogens is 248 g/mol. The van der Waals surface area contributed by atoms with E-state index in [2.05, 4.69) is 5.32 Å². The van der Waals surface area contributed by atoms with E-state index in [9.17, 15) is 13.9 Å². The Kier molecular flexibility index (Phi) is 4.12. The first-order valence-electron chi connectivity index (χ1n) is 6.00. The van der Waals surface area contributed by atoms with Crippen LogP contribution in [0.2, 0.25) is 0 Å². The van der Waals surface area contributed by atoms with Gasteiger partial charge < -0.3 is 10.4 Å². The standard InChI is InChI=1S/C15H15F2NO/c1-10-6-7-11(8-14(10)17)18-9-15(19)12-4-2-3-5-13(12)16/h2-8,15,18-19H,9H2,1H3. The van der Waals surface area contributed by atoms with Crippen LogP contribution in [0.5, 0.6) is 0 Å². The van der Waals surface area contributed by atoms with Crippen LogP contribution >= 0.6 is 0 Å². The van der Waals surface area contributed by atoms with Crippen molar-refractivity contribution in [1.29, 1.82) is 0 Å². The average molecular weight is 263 g/mol. The van der Waals surface area contributed by atoms with Crippen LogP contribution in [0.4, 0.5) is 14.5 Å². The molecule has 0 heterocycles. The molecule has 2 nitrogen and oxygen atoms in total. The van der Waals surface area contributed by atoms with Crippen LogP contribution in [0.25, 0.3) is 0 Å². The number of benzene rings is 2. The molecule has 0 saturated carbocycles. The Morgan fingerprint density at radius 1 is 1.11 bits per heavy atom. The molecule has 2 aromatic carbocycles. The van der Waals surface area contributed by atoms with Crippen molar-refractivity contribution in [2.45, 2.75) is 13.0 Å². The number of aliphatic hydroxyl groups excluding tert-OH is 1. The second kappa shape index (κ2) is 5.80. The van der Waals surface area contributed by atoms with Gasteiger partial charge in [-0.25, -0.2) is 8.78 Å². The summed E-state index contributed by atoms with van der Waals surface area (Å²) >= 11 is 0. The zero-order chi connectivity index (χ0) is 13.8. The molecule has 0 aromatic heterocycles. The quantitative estimate of drug-likeness (QED) is 0.886. The van der Waals surface area contributed by atoms with E-state index in [0.29, 0.717) is 11.3 Å². The van der Waals surface area contributed by atoms with E-state index in [1.165, 1.54) is 18.2 Å². The van der Waals surface area contributed by atoms with Gasteiger partial charge >= 0.3 is 0 Å². The van der Waals surface area contributed by atoms with Crippen molar-refractivity contribution >= 4 is 5.69 Å². The topological polar surface area (TPSA) is 32.3 Å². The molecule has 19 heavy (non-hydrogen) atoms. The molecule has 2 aromatic rings. The highest BCUT2D eigenvalue weighted by molar-refractivity contribution is 5.45. The van der Waals surface area contributed by atoms with Gasteiger partial charge in [0.2, 0.25) is 0 Å². The average Bonchev–Trinajstić information content (AvgIpc) is 2.40. The van der Waals surface area contributed by atoms with E-state index in [1.54, 1.807) is 31.2 Å². The molecule has 0 aliphatic carbocycles. The number of rotatable bonds is 4. The predicted octanol–water partition coefficient (Wildman–Crippen LogP) is 3.42. The van der Waals surface area contributed by atoms with Crippen molar-refractivity contribution < 1.29 is 13.9 Å². The highest BCUT2D eigenvalue weighted by Crippen LogP contribution is 2.18. The molecule has 2 N–H and O–H groups in total. The van der Waals surface area contributed by atoms with Gasteiger partial charge in [0, 0.05) is 17.8 Å². The Morgan fingerprint density at radius 3 is 2.53 bits per heavy atom. The fourth-order valence-corrected chi connectivity index (χ4v) is 1.77. The Morgan fingerprint density at radius 2 is 1.84 bits per heavy atom. The van der Waals surface area contributed by atoms with E-state index < -0.39 is 11.9 Å². The van der Waals surface area contributed by atoms with Crippen LogP contribution < -0.4 is 5.32 Å². The van der Waals surface area contributed by atoms with Gasteiger partial charge in [-0.2, -0.15) is 0 Å². The molecule has 0 fully saturated rings. The van der Waals surface area contributed by atoms with Crippen LogP contribution in [0.1, 0.15) is 17.2 Å². The van der Waals surface area contributed by atoms with E-state index in [-0.39, 0.29) is 17.9 Å². The van der Waals surface area contributed by atoms with E-state index >= 15 is 0 Å². The lowest BCUT2D eigenvalue weighted by atomic mass is 10.1. The molecular formula is C15H15F2NO. The van der Waals surface area contributed by atoms with Gasteiger partial charge in [0.1, 0.15) is 11.6 Å². The summed E-state index contributed by atoms with van der Waals surface area (Å²) in [6.45, 7) is 1.79. The second-order valence-corrected chi connectivity index (χ2v) is 4.38. The minimum atomic E-state index is -0.981. The number of halogens is 2. The Hall–Kier alpha value is -1.94. The molecule has 0 bridgehead atoms. The van der Waals surface area contributed by atoms with Crippen molar-refractivity contribution in [3.8, 4) is 0 Å². The lowest BCUT2D eigenvalue weighted by Gasteiger charge is -2.14. The zero-order valence-electron chi connectivity index (χ0n) is 10.5. The monoisotopic (exact) mass is 263 g/mol. The smallest absolute Gasteiger partial charge is 0.129 e. The number of nitrogens with one attached hydrogen (secondary N) is 1. The third kappa shape index (κ3) is 3.29. The molecule has 0 radical (unpaired) electrons. The molecule has 0 aliphatic heterocycles. The van der Waals surface area contributed by atoms with Crippen LogP contribution in [-0.4, -0.2) is 11.7 Å². The van der Waals surface area contributed by atoms with Crippen molar-refractivity contribution in [1.82, 2.24) is 0 Å². The lowest BCUT2D eigenvalue weighted by Crippen LogP contribution is -2.13. The van der Waals surface area contributed by atoms with Gasteiger partial charge in [0.15, 0.2) is 0 Å². The summed E-state index contributed by atoms with van der Waals surface area (Å²) in [5.41, 5.74) is 1.33. The largest absolute Gasteiger partial charge is 0.386 e. The van der Waals surface area contributed by atoms with E-state index in [0.717, 1.165) is 0 Å². The zero-order valence-corrected chi connectivity index (χ0v) is 10.5. The molecule has 0 saturated heterocycles. The second-order valence-electron chi connectivity index (χ2n) is 4.38. The summed E-state index contributed by atoms with van der Waals surface area (Å²) in [6, 6.07) is 10.8. The summed E-state index contributed by atoms with van der Waals surface area (Å²) in [4.78, 5) is 0. The van der Waals surface area contributed by atoms with Crippen molar-refractivity contribution in [3.05, 3.63) is 65.2 Å². The first-order valence-corrected chi connectivity index (χ1v) is 6.00. The van der Waals surface area contributed by atoms with Crippen LogP contribution in [0.15, 0.2) is 42.5 Å². The first-order chi connectivity index (χ1) is 9.08. The molecule has 4 heteroatoms. The summed E-state index contributed by atoms with van der Waals surface area (Å²) in [5, 5.41) is 12.8. The fourth-order valence-electron chi connectivity index (χ4n) is 1.77. The minimum absolute atomic E-state index is 0.115. The highest BCUT2D eigenvalue weighted by atomic mass is 19.1. The maximum Gasteiger partial charge on any atom is 0.129 e. The maximum absolute atomic E-state index is 13.4. The SMILES string of the molecule is Cc1ccc(NCC(O)c2ccccc2F)cc1F. The molecule has 100 valence electrons. The minimum Gasteiger partial charge on any atom is -0.386 e. The van der Waals surface area contributed by atoms with Gasteiger partial charge in [-0.05, 0) is 30.7 Å². The molecule has 0 aliphatic rings. The number of anilines is 1. The first kappa shape index (κ1) is 13.5. The highest BCUT2D eigenvalue weighted by Gasteiger charge is 2.11. The fraction of sp³-hybridized carbons (Fsp3) is 0.200. The van der Waals surface area contributed by atoms with Gasteiger partial charge in [-0.3, -0.25) is 0 Å². The van der Waals surface area contributed by atoms with Gasteiger partial charge in [0.05, 0.1) is 6.10 Å². The third-order valence-electron chi connectivity index (χ3n) is 2.94. The molecule has 0 spiro atoms. The van der Waals surface area contributed by atoms with E-state index in [1.807, 2.05) is 0 Å². The Bertz CT molecular complexity index is 572. The van der Waals surface area contributed by atoms with E-state index in [4.69, 9.17) is 0 Å². The summed E-state index contributed by atoms with van der Waals surface area (Å²) < 4.78 is 26.8. The Balaban J connectivity index is 2.02. The third-order valence-corrected chi connectivity index (χ3v) is 2.94. The van der Waals surface area contributed by atoms with Crippen molar-refractivity contribution in [2.24, 2.45) is 0 Å². The molecule has 1 unspecified atom stereocenters. The van der Waals surface area contributed by atoms with Crippen molar-refractivity contribution in [3.63, 3.8) is 0 Å². The number of aliphatic hydroxyl groups is 1. The van der Waals surface area contributed by atoms with Gasteiger partial charge in [-0.15, -0.1) is 0 Å². The summed E-state index contributed by atoms with van der Waals surface area (Å²) in [6.07, 6.45) is -0.981. The maximum atomic E-state index is 13.4. The van der Waals surface area contributed by atoms with Gasteiger partial charge in [-0.1, -0.05) is 24.3 Å². The predicted molar refractivity (Wildman–Crippen MR) is 71.0 cm³/mol.